The minimum Gasteiger partial charge on any atom is -0.338 e. The van der Waals surface area contributed by atoms with Crippen molar-refractivity contribution in [3.05, 3.63) is 76.2 Å². The van der Waals surface area contributed by atoms with Crippen LogP contribution >= 0.6 is 23.2 Å². The largest absolute Gasteiger partial charge is 0.338 e. The number of benzene rings is 2. The van der Waals surface area contributed by atoms with Crippen molar-refractivity contribution in [2.45, 2.75) is 0 Å². The molecule has 3 aromatic rings. The first kappa shape index (κ1) is 18.0. The molecule has 1 amide bonds. The normalized spacial score (nSPS) is 10.5. The molecule has 2 N–H and O–H groups in total. The van der Waals surface area contributed by atoms with E-state index < -0.39 is 17.5 Å². The summed E-state index contributed by atoms with van der Waals surface area (Å²) in [5, 5.41) is 6.14. The van der Waals surface area contributed by atoms with Crippen LogP contribution in [0, 0.1) is 11.6 Å². The zero-order valence-electron chi connectivity index (χ0n) is 12.9. The van der Waals surface area contributed by atoms with Crippen molar-refractivity contribution in [2.24, 2.45) is 0 Å². The van der Waals surface area contributed by atoms with Gasteiger partial charge in [-0.3, -0.25) is 4.79 Å². The van der Waals surface area contributed by atoms with Crippen molar-refractivity contribution in [3.8, 4) is 0 Å². The van der Waals surface area contributed by atoms with Gasteiger partial charge in [-0.2, -0.15) is 0 Å². The molecule has 5 nitrogen and oxygen atoms in total. The van der Waals surface area contributed by atoms with Crippen molar-refractivity contribution in [3.63, 3.8) is 0 Å². The molecule has 0 unspecified atom stereocenters. The Balaban J connectivity index is 1.72. The van der Waals surface area contributed by atoms with E-state index in [4.69, 9.17) is 23.2 Å². The minimum absolute atomic E-state index is 0.0449. The molecule has 0 aliphatic carbocycles. The van der Waals surface area contributed by atoms with Crippen LogP contribution in [-0.2, 0) is 0 Å². The zero-order valence-corrected chi connectivity index (χ0v) is 14.4. The Morgan fingerprint density at radius 3 is 2.46 bits per heavy atom. The molecule has 1 aromatic heterocycles. The maximum absolute atomic E-state index is 13.6. The summed E-state index contributed by atoms with van der Waals surface area (Å²) in [6.45, 7) is 0. The van der Waals surface area contributed by atoms with Crippen LogP contribution in [-0.4, -0.2) is 15.9 Å². The summed E-state index contributed by atoms with van der Waals surface area (Å²) in [5.41, 5.74) is 0.321. The number of hydrogen-bond acceptors (Lipinski definition) is 4. The van der Waals surface area contributed by atoms with Crippen LogP contribution in [0.3, 0.4) is 0 Å². The van der Waals surface area contributed by atoms with Gasteiger partial charge in [-0.25, -0.2) is 18.7 Å². The summed E-state index contributed by atoms with van der Waals surface area (Å²) in [4.78, 5) is 20.1. The average Bonchev–Trinajstić information content (AvgIpc) is 2.61. The number of carbonyl (C=O) groups is 1. The van der Waals surface area contributed by atoms with Crippen molar-refractivity contribution in [2.75, 3.05) is 10.6 Å². The molecule has 0 fully saturated rings. The van der Waals surface area contributed by atoms with Gasteiger partial charge in [0, 0.05) is 11.1 Å². The zero-order chi connectivity index (χ0) is 18.7. The Kier molecular flexibility index (Phi) is 5.29. The first-order valence-corrected chi connectivity index (χ1v) is 7.98. The highest BCUT2D eigenvalue weighted by atomic mass is 35.5. The summed E-state index contributed by atoms with van der Waals surface area (Å²) in [6.07, 6.45) is 2.52. The highest BCUT2D eigenvalue weighted by molar-refractivity contribution is 6.35. The van der Waals surface area contributed by atoms with E-state index in [2.05, 4.69) is 20.6 Å². The second-order valence-corrected chi connectivity index (χ2v) is 5.96. The quantitative estimate of drug-likeness (QED) is 0.648. The minimum atomic E-state index is -0.889. The number of anilines is 3. The third-order valence-electron chi connectivity index (χ3n) is 3.25. The number of nitrogens with zero attached hydrogens (tertiary/aromatic N) is 2. The fraction of sp³-hybridized carbons (Fsp3) is 0. The average molecular weight is 395 g/mol. The molecular weight excluding hydrogens is 385 g/mol. The molecule has 0 radical (unpaired) electrons. The van der Waals surface area contributed by atoms with Crippen LogP contribution in [0.4, 0.5) is 26.0 Å². The van der Waals surface area contributed by atoms with Gasteiger partial charge >= 0.3 is 0 Å². The number of carbonyl (C=O) groups excluding carboxylic acids is 1. The van der Waals surface area contributed by atoms with Crippen molar-refractivity contribution >= 4 is 46.3 Å². The van der Waals surface area contributed by atoms with Crippen LogP contribution in [0.25, 0.3) is 0 Å². The lowest BCUT2D eigenvalue weighted by Crippen LogP contribution is -2.15. The van der Waals surface area contributed by atoms with Crippen molar-refractivity contribution in [1.29, 1.82) is 0 Å². The van der Waals surface area contributed by atoms with Crippen LogP contribution in [0.15, 0.2) is 48.8 Å². The Hall–Kier alpha value is -2.77. The lowest BCUT2D eigenvalue weighted by atomic mass is 10.3. The molecule has 3 rings (SSSR count). The number of aromatic nitrogens is 2. The number of nitrogens with one attached hydrogen (secondary N) is 2. The van der Waals surface area contributed by atoms with Gasteiger partial charge in [0.25, 0.3) is 5.91 Å². The molecule has 0 saturated carbocycles. The van der Waals surface area contributed by atoms with Gasteiger partial charge in [-0.15, -0.1) is 0 Å². The van der Waals surface area contributed by atoms with Gasteiger partial charge in [0.15, 0.2) is 0 Å². The van der Waals surface area contributed by atoms with E-state index in [1.165, 1.54) is 12.4 Å². The Labute approximate surface area is 157 Å². The first-order valence-electron chi connectivity index (χ1n) is 7.23. The number of rotatable bonds is 4. The highest BCUT2D eigenvalue weighted by Crippen LogP contribution is 2.27. The Bertz CT molecular complexity index is 967. The van der Waals surface area contributed by atoms with E-state index in [0.717, 1.165) is 12.1 Å². The lowest BCUT2D eigenvalue weighted by Gasteiger charge is -2.09. The van der Waals surface area contributed by atoms with Gasteiger partial charge in [0.1, 0.15) is 23.1 Å². The molecule has 1 heterocycles. The van der Waals surface area contributed by atoms with Crippen molar-refractivity contribution in [1.82, 2.24) is 9.97 Å². The van der Waals surface area contributed by atoms with Crippen LogP contribution in [0.5, 0.6) is 0 Å². The van der Waals surface area contributed by atoms with E-state index in [9.17, 15) is 13.6 Å². The van der Waals surface area contributed by atoms with Crippen molar-refractivity contribution < 1.29 is 13.6 Å². The van der Waals surface area contributed by atoms with Gasteiger partial charge in [0.05, 0.1) is 28.8 Å². The van der Waals surface area contributed by atoms with Crippen LogP contribution in [0.2, 0.25) is 10.0 Å². The molecule has 0 atom stereocenters. The molecular formula is C17H10Cl2F2N4O. The maximum atomic E-state index is 13.6. The molecule has 0 spiro atoms. The van der Waals surface area contributed by atoms with Crippen LogP contribution < -0.4 is 10.6 Å². The second kappa shape index (κ2) is 7.63. The molecule has 0 saturated heterocycles. The van der Waals surface area contributed by atoms with Gasteiger partial charge in [0.2, 0.25) is 0 Å². The summed E-state index contributed by atoms with van der Waals surface area (Å²) < 4.78 is 26.5. The third-order valence-corrected chi connectivity index (χ3v) is 3.82. The summed E-state index contributed by atoms with van der Waals surface area (Å²) in [6, 6.07) is 7.70. The smallest absolute Gasteiger partial charge is 0.275 e. The van der Waals surface area contributed by atoms with Gasteiger partial charge in [-0.05, 0) is 30.3 Å². The number of halogens is 4. The van der Waals surface area contributed by atoms with E-state index >= 15 is 0 Å². The molecule has 132 valence electrons. The van der Waals surface area contributed by atoms with E-state index in [0.29, 0.717) is 27.6 Å². The SMILES string of the molecule is O=C(Nc1ccc(F)cc1F)c1cnc(Nc2cc(Cl)ccc2Cl)cn1. The summed E-state index contributed by atoms with van der Waals surface area (Å²) >= 11 is 12.0. The molecule has 2 aromatic carbocycles. The summed E-state index contributed by atoms with van der Waals surface area (Å²) in [5.74, 6) is -1.98. The Morgan fingerprint density at radius 1 is 0.962 bits per heavy atom. The Morgan fingerprint density at radius 2 is 1.77 bits per heavy atom. The standard InChI is InChI=1S/C17H10Cl2F2N4O/c18-9-1-3-11(19)14(5-9)24-16-8-22-15(7-23-16)17(26)25-13-4-2-10(20)6-12(13)21/h1-8H,(H,23,24)(H,25,26). The number of amides is 1. The maximum Gasteiger partial charge on any atom is 0.275 e. The molecule has 9 heteroatoms. The van der Waals surface area contributed by atoms with E-state index in [1.54, 1.807) is 18.2 Å². The molecule has 0 aliphatic heterocycles. The third kappa shape index (κ3) is 4.25. The second-order valence-electron chi connectivity index (χ2n) is 5.11. The number of hydrogen-bond donors (Lipinski definition) is 2. The predicted molar refractivity (Wildman–Crippen MR) is 96.1 cm³/mol. The predicted octanol–water partition coefficient (Wildman–Crippen LogP) is 5.06. The van der Waals surface area contributed by atoms with Gasteiger partial charge < -0.3 is 10.6 Å². The fourth-order valence-electron chi connectivity index (χ4n) is 2.02. The molecule has 0 aliphatic rings. The van der Waals surface area contributed by atoms with E-state index in [1.807, 2.05) is 0 Å². The topological polar surface area (TPSA) is 66.9 Å². The fourth-order valence-corrected chi connectivity index (χ4v) is 2.36. The molecule has 26 heavy (non-hydrogen) atoms. The molecule has 0 bridgehead atoms. The van der Waals surface area contributed by atoms with Crippen LogP contribution in [0.1, 0.15) is 10.5 Å². The summed E-state index contributed by atoms with van der Waals surface area (Å²) in [7, 11) is 0. The van der Waals surface area contributed by atoms with E-state index in [-0.39, 0.29) is 11.4 Å². The monoisotopic (exact) mass is 394 g/mol. The highest BCUT2D eigenvalue weighted by Gasteiger charge is 2.12. The first-order chi connectivity index (χ1) is 12.4. The lowest BCUT2D eigenvalue weighted by molar-refractivity contribution is 0.102. The van der Waals surface area contributed by atoms with Gasteiger partial charge in [-0.1, -0.05) is 23.2 Å².